The molecule has 0 amide bonds. The van der Waals surface area contributed by atoms with E-state index in [0.29, 0.717) is 0 Å². The van der Waals surface area contributed by atoms with E-state index in [1.807, 2.05) is 0 Å². The molecular weight excluding hydrogens is 142 g/mol. The van der Waals surface area contributed by atoms with Crippen molar-refractivity contribution in [3.63, 3.8) is 0 Å². The van der Waals surface area contributed by atoms with Gasteiger partial charge in [0.05, 0.1) is 12.6 Å². The average Bonchev–Trinajstić information content (AvgIpc) is 2.03. The van der Waals surface area contributed by atoms with E-state index >= 15 is 0 Å². The molecule has 0 saturated heterocycles. The normalized spacial score (nSPS) is 12.9. The number of aromatic hydroxyl groups is 1. The molecule has 11 heavy (non-hydrogen) atoms. The van der Waals surface area contributed by atoms with Crippen molar-refractivity contribution < 1.29 is 10.2 Å². The highest BCUT2D eigenvalue weighted by atomic mass is 16.3. The van der Waals surface area contributed by atoms with Crippen molar-refractivity contribution in [2.24, 2.45) is 5.73 Å². The number of phenols is 1. The molecule has 0 saturated carbocycles. The van der Waals surface area contributed by atoms with E-state index in [-0.39, 0.29) is 12.4 Å². The number of phenolic OH excluding ortho intramolecular Hbond substituents is 1. The van der Waals surface area contributed by atoms with Gasteiger partial charge in [0.15, 0.2) is 0 Å². The molecule has 1 aromatic rings. The largest absolute Gasteiger partial charge is 0.508 e. The third-order valence-corrected chi connectivity index (χ3v) is 1.50. The van der Waals surface area contributed by atoms with Crippen molar-refractivity contribution in [2.45, 2.75) is 6.04 Å². The van der Waals surface area contributed by atoms with Gasteiger partial charge in [-0.05, 0) is 17.7 Å². The summed E-state index contributed by atoms with van der Waals surface area (Å²) >= 11 is 0. The van der Waals surface area contributed by atoms with Crippen molar-refractivity contribution in [3.05, 3.63) is 29.8 Å². The molecule has 1 unspecified atom stereocenters. The van der Waals surface area contributed by atoms with Gasteiger partial charge in [-0.15, -0.1) is 0 Å². The highest BCUT2D eigenvalue weighted by Crippen LogP contribution is 2.15. The summed E-state index contributed by atoms with van der Waals surface area (Å²) in [4.78, 5) is 0. The zero-order valence-corrected chi connectivity index (χ0v) is 6.07. The third kappa shape index (κ3) is 1.93. The van der Waals surface area contributed by atoms with Gasteiger partial charge in [0.1, 0.15) is 5.75 Å². The fourth-order valence-corrected chi connectivity index (χ4v) is 0.861. The van der Waals surface area contributed by atoms with Crippen LogP contribution in [0.3, 0.4) is 0 Å². The summed E-state index contributed by atoms with van der Waals surface area (Å²) in [6.45, 7) is -0.108. The molecule has 3 nitrogen and oxygen atoms in total. The first-order valence-corrected chi connectivity index (χ1v) is 3.39. The van der Waals surface area contributed by atoms with Gasteiger partial charge in [0.25, 0.3) is 0 Å². The molecular formula is C8H11NO2. The summed E-state index contributed by atoms with van der Waals surface area (Å²) in [6.07, 6.45) is 0. The smallest absolute Gasteiger partial charge is 0.115 e. The SMILES string of the molecule is NC(CO)c1cccc(O)c1. The molecule has 4 N–H and O–H groups in total. The van der Waals surface area contributed by atoms with Crippen LogP contribution in [0.5, 0.6) is 5.75 Å². The lowest BCUT2D eigenvalue weighted by atomic mass is 10.1. The maximum atomic E-state index is 9.02. The summed E-state index contributed by atoms with van der Waals surface area (Å²) < 4.78 is 0. The number of hydrogen-bond acceptors (Lipinski definition) is 3. The van der Waals surface area contributed by atoms with Gasteiger partial charge in [0, 0.05) is 0 Å². The fraction of sp³-hybridized carbons (Fsp3) is 0.250. The maximum absolute atomic E-state index is 9.02. The van der Waals surface area contributed by atoms with E-state index in [1.54, 1.807) is 24.3 Å². The summed E-state index contributed by atoms with van der Waals surface area (Å²) in [7, 11) is 0. The quantitative estimate of drug-likeness (QED) is 0.575. The first kappa shape index (κ1) is 8.04. The minimum absolute atomic E-state index is 0.108. The van der Waals surface area contributed by atoms with Crippen molar-refractivity contribution in [1.82, 2.24) is 0 Å². The third-order valence-electron chi connectivity index (χ3n) is 1.50. The Labute approximate surface area is 65.1 Å². The predicted molar refractivity (Wildman–Crippen MR) is 42.1 cm³/mol. The molecule has 1 aromatic carbocycles. The van der Waals surface area contributed by atoms with Gasteiger partial charge in [-0.3, -0.25) is 0 Å². The van der Waals surface area contributed by atoms with Crippen LogP contribution in [0.2, 0.25) is 0 Å². The Kier molecular flexibility index (Phi) is 2.46. The van der Waals surface area contributed by atoms with Crippen LogP contribution in [0.4, 0.5) is 0 Å². The lowest BCUT2D eigenvalue weighted by Gasteiger charge is -2.07. The molecule has 60 valence electrons. The van der Waals surface area contributed by atoms with Crippen molar-refractivity contribution in [1.29, 1.82) is 0 Å². The van der Waals surface area contributed by atoms with Crippen LogP contribution in [0.25, 0.3) is 0 Å². The zero-order chi connectivity index (χ0) is 8.27. The zero-order valence-electron chi connectivity index (χ0n) is 6.07. The lowest BCUT2D eigenvalue weighted by molar-refractivity contribution is 0.268. The van der Waals surface area contributed by atoms with Gasteiger partial charge in [-0.1, -0.05) is 12.1 Å². The Hall–Kier alpha value is -1.06. The summed E-state index contributed by atoms with van der Waals surface area (Å²) in [5.74, 6) is 0.173. The number of hydrogen-bond donors (Lipinski definition) is 3. The van der Waals surface area contributed by atoms with Crippen LogP contribution in [0.15, 0.2) is 24.3 Å². The van der Waals surface area contributed by atoms with E-state index < -0.39 is 6.04 Å². The second-order valence-electron chi connectivity index (χ2n) is 2.38. The number of nitrogens with two attached hydrogens (primary N) is 1. The van der Waals surface area contributed by atoms with Crippen LogP contribution < -0.4 is 5.73 Å². The Bertz CT molecular complexity index is 237. The van der Waals surface area contributed by atoms with E-state index in [4.69, 9.17) is 15.9 Å². The second kappa shape index (κ2) is 3.37. The predicted octanol–water partition coefficient (Wildman–Crippen LogP) is 0.384. The summed E-state index contributed by atoms with van der Waals surface area (Å²) in [5, 5.41) is 17.7. The van der Waals surface area contributed by atoms with E-state index in [0.717, 1.165) is 5.56 Å². The van der Waals surface area contributed by atoms with Crippen molar-refractivity contribution in [2.75, 3.05) is 6.61 Å². The molecule has 0 aliphatic heterocycles. The van der Waals surface area contributed by atoms with Crippen molar-refractivity contribution >= 4 is 0 Å². The van der Waals surface area contributed by atoms with Gasteiger partial charge < -0.3 is 15.9 Å². The van der Waals surface area contributed by atoms with Crippen molar-refractivity contribution in [3.8, 4) is 5.75 Å². The molecule has 0 fully saturated rings. The molecule has 0 aliphatic carbocycles. The molecule has 0 aliphatic rings. The molecule has 0 spiro atoms. The first-order valence-electron chi connectivity index (χ1n) is 3.39. The highest BCUT2D eigenvalue weighted by molar-refractivity contribution is 5.29. The van der Waals surface area contributed by atoms with Crippen LogP contribution in [0, 0.1) is 0 Å². The monoisotopic (exact) mass is 153 g/mol. The second-order valence-corrected chi connectivity index (χ2v) is 2.38. The summed E-state index contributed by atoms with van der Waals surface area (Å²) in [5.41, 5.74) is 6.25. The van der Waals surface area contributed by atoms with Crippen LogP contribution in [-0.4, -0.2) is 16.8 Å². The van der Waals surface area contributed by atoms with Gasteiger partial charge in [-0.2, -0.15) is 0 Å². The van der Waals surface area contributed by atoms with Crippen LogP contribution >= 0.6 is 0 Å². The standard InChI is InChI=1S/C8H11NO2/c9-8(5-10)6-2-1-3-7(11)4-6/h1-4,8,10-11H,5,9H2. The summed E-state index contributed by atoms with van der Waals surface area (Å²) in [6, 6.07) is 6.16. The van der Waals surface area contributed by atoms with Crippen LogP contribution in [-0.2, 0) is 0 Å². The Morgan fingerprint density at radius 2 is 2.18 bits per heavy atom. The Balaban J connectivity index is 2.86. The number of aliphatic hydroxyl groups is 1. The number of aliphatic hydroxyl groups excluding tert-OH is 1. The first-order chi connectivity index (χ1) is 5.24. The number of rotatable bonds is 2. The minimum atomic E-state index is -0.401. The topological polar surface area (TPSA) is 66.5 Å². The van der Waals surface area contributed by atoms with Gasteiger partial charge in [0.2, 0.25) is 0 Å². The molecule has 1 rings (SSSR count). The molecule has 0 heterocycles. The molecule has 0 radical (unpaired) electrons. The van der Waals surface area contributed by atoms with E-state index in [1.165, 1.54) is 0 Å². The fourth-order valence-electron chi connectivity index (χ4n) is 0.861. The molecule has 0 aromatic heterocycles. The van der Waals surface area contributed by atoms with Crippen LogP contribution in [0.1, 0.15) is 11.6 Å². The van der Waals surface area contributed by atoms with Gasteiger partial charge >= 0.3 is 0 Å². The Morgan fingerprint density at radius 1 is 1.45 bits per heavy atom. The van der Waals surface area contributed by atoms with Gasteiger partial charge in [-0.25, -0.2) is 0 Å². The maximum Gasteiger partial charge on any atom is 0.115 e. The molecule has 3 heteroatoms. The van der Waals surface area contributed by atoms with E-state index in [2.05, 4.69) is 0 Å². The minimum Gasteiger partial charge on any atom is -0.508 e. The average molecular weight is 153 g/mol. The molecule has 1 atom stereocenters. The Morgan fingerprint density at radius 3 is 2.73 bits per heavy atom. The highest BCUT2D eigenvalue weighted by Gasteiger charge is 2.03. The van der Waals surface area contributed by atoms with E-state index in [9.17, 15) is 0 Å². The molecule has 0 bridgehead atoms. The number of benzene rings is 1. The lowest BCUT2D eigenvalue weighted by Crippen LogP contribution is -2.13.